The zero-order valence-corrected chi connectivity index (χ0v) is 13.0. The van der Waals surface area contributed by atoms with E-state index in [0.29, 0.717) is 12.0 Å². The first-order valence-corrected chi connectivity index (χ1v) is 8.32. The van der Waals surface area contributed by atoms with Gasteiger partial charge in [-0.2, -0.15) is 0 Å². The third-order valence-corrected chi connectivity index (χ3v) is 4.53. The van der Waals surface area contributed by atoms with Crippen LogP contribution < -0.4 is 5.56 Å². The lowest BCUT2D eigenvalue weighted by molar-refractivity contribution is -0.149. The number of aryl methyl sites for hydroxylation is 1. The van der Waals surface area contributed by atoms with Crippen LogP contribution in [0.15, 0.2) is 22.6 Å². The van der Waals surface area contributed by atoms with Crippen LogP contribution in [0.3, 0.4) is 0 Å². The Bertz CT molecular complexity index is 703. The maximum Gasteiger partial charge on any atom is 0.307 e. The quantitative estimate of drug-likeness (QED) is 0.787. The summed E-state index contributed by atoms with van der Waals surface area (Å²) in [4.78, 5) is 28.9. The predicted molar refractivity (Wildman–Crippen MR) is 83.0 cm³/mol. The topological polar surface area (TPSA) is 70.4 Å². The Morgan fingerprint density at radius 2 is 2.41 bits per heavy atom. The van der Waals surface area contributed by atoms with E-state index in [2.05, 4.69) is 4.98 Å². The molecule has 22 heavy (non-hydrogen) atoms. The summed E-state index contributed by atoms with van der Waals surface area (Å²) in [6.07, 6.45) is 4.79. The Morgan fingerprint density at radius 1 is 1.50 bits per heavy atom. The second kappa shape index (κ2) is 7.02. The molecule has 1 aliphatic heterocycles. The molecule has 0 saturated carbocycles. The van der Waals surface area contributed by atoms with E-state index >= 15 is 0 Å². The van der Waals surface area contributed by atoms with E-state index < -0.39 is 0 Å². The van der Waals surface area contributed by atoms with Gasteiger partial charge in [0.05, 0.1) is 24.2 Å². The van der Waals surface area contributed by atoms with Gasteiger partial charge in [0.25, 0.3) is 5.56 Å². The molecule has 1 unspecified atom stereocenters. The first kappa shape index (κ1) is 15.2. The average molecular weight is 322 g/mol. The summed E-state index contributed by atoms with van der Waals surface area (Å²) in [6.45, 7) is 1.32. The smallest absolute Gasteiger partial charge is 0.307 e. The van der Waals surface area contributed by atoms with E-state index in [0.717, 1.165) is 30.7 Å². The molecule has 0 bridgehead atoms. The highest BCUT2D eigenvalue weighted by atomic mass is 32.1. The molecule has 0 radical (unpaired) electrons. The minimum Gasteiger partial charge on any atom is -0.463 e. The monoisotopic (exact) mass is 322 g/mol. The highest BCUT2D eigenvalue weighted by molar-refractivity contribution is 7.16. The van der Waals surface area contributed by atoms with Gasteiger partial charge in [-0.3, -0.25) is 14.2 Å². The number of esters is 1. The zero-order valence-electron chi connectivity index (χ0n) is 12.2. The number of carbonyl (C=O) groups excluding carboxylic acids is 1. The van der Waals surface area contributed by atoms with Crippen LogP contribution in [0.1, 0.15) is 25.7 Å². The van der Waals surface area contributed by atoms with Crippen molar-refractivity contribution in [1.82, 2.24) is 9.55 Å². The van der Waals surface area contributed by atoms with E-state index in [9.17, 15) is 9.59 Å². The number of carbonyl (C=O) groups is 1. The molecule has 0 aromatic carbocycles. The van der Waals surface area contributed by atoms with Crippen LogP contribution in [0, 0.1) is 0 Å². The van der Waals surface area contributed by atoms with Crippen LogP contribution in [0.5, 0.6) is 0 Å². The molecule has 1 fully saturated rings. The maximum atomic E-state index is 12.2. The summed E-state index contributed by atoms with van der Waals surface area (Å²) >= 11 is 1.43. The third kappa shape index (κ3) is 3.53. The molecule has 3 heterocycles. The molecule has 0 spiro atoms. The summed E-state index contributed by atoms with van der Waals surface area (Å²) in [5, 5.41) is 2.43. The second-order valence-electron chi connectivity index (χ2n) is 5.30. The van der Waals surface area contributed by atoms with Gasteiger partial charge in [-0.25, -0.2) is 4.98 Å². The fourth-order valence-electron chi connectivity index (χ4n) is 2.46. The van der Waals surface area contributed by atoms with E-state index in [1.807, 2.05) is 5.38 Å². The zero-order chi connectivity index (χ0) is 15.4. The van der Waals surface area contributed by atoms with Crippen molar-refractivity contribution in [2.24, 2.45) is 0 Å². The van der Waals surface area contributed by atoms with Crippen LogP contribution >= 0.6 is 11.3 Å². The van der Waals surface area contributed by atoms with Crippen LogP contribution in [-0.2, 0) is 20.8 Å². The molecular weight excluding hydrogens is 304 g/mol. The Morgan fingerprint density at radius 3 is 3.23 bits per heavy atom. The van der Waals surface area contributed by atoms with Crippen molar-refractivity contribution in [3.05, 3.63) is 28.1 Å². The SMILES string of the molecule is O=C(CCn1cnc2sccc2c1=O)OCC1CCCCO1. The fourth-order valence-corrected chi connectivity index (χ4v) is 3.18. The molecule has 1 saturated heterocycles. The van der Waals surface area contributed by atoms with Crippen LogP contribution in [0.4, 0.5) is 0 Å². The van der Waals surface area contributed by atoms with Gasteiger partial charge in [0.1, 0.15) is 11.4 Å². The van der Waals surface area contributed by atoms with Crippen LogP contribution in [-0.4, -0.2) is 34.8 Å². The highest BCUT2D eigenvalue weighted by Gasteiger charge is 2.16. The number of fused-ring (bicyclic) bond motifs is 1. The molecule has 2 aromatic rings. The van der Waals surface area contributed by atoms with Gasteiger partial charge < -0.3 is 9.47 Å². The molecule has 6 nitrogen and oxygen atoms in total. The van der Waals surface area contributed by atoms with Crippen molar-refractivity contribution in [2.75, 3.05) is 13.2 Å². The fraction of sp³-hybridized carbons (Fsp3) is 0.533. The largest absolute Gasteiger partial charge is 0.463 e. The Kier molecular flexibility index (Phi) is 4.84. The summed E-state index contributed by atoms with van der Waals surface area (Å²) in [5.41, 5.74) is -0.116. The van der Waals surface area contributed by atoms with Crippen LogP contribution in [0.2, 0.25) is 0 Å². The first-order valence-electron chi connectivity index (χ1n) is 7.44. The minimum absolute atomic E-state index is 0.0178. The summed E-state index contributed by atoms with van der Waals surface area (Å²) < 4.78 is 12.2. The molecule has 7 heteroatoms. The minimum atomic E-state index is -0.313. The molecular formula is C15H18N2O4S. The number of nitrogens with zero attached hydrogens (tertiary/aromatic N) is 2. The van der Waals surface area contributed by atoms with Crippen molar-refractivity contribution < 1.29 is 14.3 Å². The summed E-state index contributed by atoms with van der Waals surface area (Å²) in [5.74, 6) is -0.313. The van der Waals surface area contributed by atoms with E-state index in [1.165, 1.54) is 22.2 Å². The van der Waals surface area contributed by atoms with Gasteiger partial charge in [-0.1, -0.05) is 0 Å². The van der Waals surface area contributed by atoms with E-state index in [-0.39, 0.29) is 30.6 Å². The molecule has 2 aromatic heterocycles. The Labute approximate surface area is 131 Å². The number of aromatic nitrogens is 2. The predicted octanol–water partition coefficient (Wildman–Crippen LogP) is 1.96. The molecule has 1 atom stereocenters. The highest BCUT2D eigenvalue weighted by Crippen LogP contribution is 2.14. The lowest BCUT2D eigenvalue weighted by atomic mass is 10.1. The van der Waals surface area contributed by atoms with Crippen molar-refractivity contribution >= 4 is 27.5 Å². The Balaban J connectivity index is 1.51. The van der Waals surface area contributed by atoms with Gasteiger partial charge >= 0.3 is 5.97 Å². The normalized spacial score (nSPS) is 18.5. The number of ether oxygens (including phenoxy) is 2. The number of thiophene rings is 1. The molecule has 118 valence electrons. The molecule has 0 aliphatic carbocycles. The number of hydrogen-bond acceptors (Lipinski definition) is 6. The van der Waals surface area contributed by atoms with Crippen molar-refractivity contribution in [2.45, 2.75) is 38.3 Å². The summed E-state index contributed by atoms with van der Waals surface area (Å²) in [6, 6.07) is 1.75. The molecule has 0 amide bonds. The first-order chi connectivity index (χ1) is 10.7. The number of rotatable bonds is 5. The summed E-state index contributed by atoms with van der Waals surface area (Å²) in [7, 11) is 0. The lowest BCUT2D eigenvalue weighted by Gasteiger charge is -2.22. The van der Waals surface area contributed by atoms with Gasteiger partial charge in [-0.15, -0.1) is 11.3 Å². The van der Waals surface area contributed by atoms with Crippen molar-refractivity contribution in [1.29, 1.82) is 0 Å². The molecule has 1 aliphatic rings. The Hall–Kier alpha value is -1.73. The van der Waals surface area contributed by atoms with Gasteiger partial charge in [-0.05, 0) is 30.7 Å². The van der Waals surface area contributed by atoms with Crippen molar-refractivity contribution in [3.8, 4) is 0 Å². The number of hydrogen-bond donors (Lipinski definition) is 0. The average Bonchev–Trinajstić information content (AvgIpc) is 3.03. The van der Waals surface area contributed by atoms with E-state index in [4.69, 9.17) is 9.47 Å². The standard InChI is InChI=1S/C15H18N2O4S/c18-13(21-9-11-3-1-2-7-20-11)4-6-17-10-16-14-12(15(17)19)5-8-22-14/h5,8,10-11H,1-4,6-7,9H2. The van der Waals surface area contributed by atoms with Gasteiger partial charge in [0.15, 0.2) is 0 Å². The maximum absolute atomic E-state index is 12.2. The lowest BCUT2D eigenvalue weighted by Crippen LogP contribution is -2.27. The van der Waals surface area contributed by atoms with Gasteiger partial charge in [0.2, 0.25) is 0 Å². The second-order valence-corrected chi connectivity index (χ2v) is 6.20. The molecule has 0 N–H and O–H groups in total. The van der Waals surface area contributed by atoms with Crippen LogP contribution in [0.25, 0.3) is 10.2 Å². The molecule has 3 rings (SSSR count). The van der Waals surface area contributed by atoms with E-state index in [1.54, 1.807) is 6.07 Å². The third-order valence-electron chi connectivity index (χ3n) is 3.71. The van der Waals surface area contributed by atoms with Crippen molar-refractivity contribution in [3.63, 3.8) is 0 Å². The van der Waals surface area contributed by atoms with Gasteiger partial charge in [0, 0.05) is 13.2 Å².